The van der Waals surface area contributed by atoms with Gasteiger partial charge in [0.1, 0.15) is 0 Å². The number of halogens is 2. The van der Waals surface area contributed by atoms with Gasteiger partial charge in [-0.2, -0.15) is 0 Å². The Morgan fingerprint density at radius 3 is 2.41 bits per heavy atom. The van der Waals surface area contributed by atoms with Gasteiger partial charge in [0.25, 0.3) is 0 Å². The van der Waals surface area contributed by atoms with Gasteiger partial charge in [0.2, 0.25) is 0 Å². The monoisotopic (exact) mass is 328 g/mol. The quantitative estimate of drug-likeness (QED) is 0.610. The van der Waals surface area contributed by atoms with Crippen LogP contribution in [-0.2, 0) is 0 Å². The molecular weight excluding hydrogens is 316 g/mol. The van der Waals surface area contributed by atoms with E-state index in [0.717, 1.165) is 10.6 Å². The van der Waals surface area contributed by atoms with Crippen molar-refractivity contribution in [2.24, 2.45) is 0 Å². The Hall–Kier alpha value is -0.310. The van der Waals surface area contributed by atoms with Crippen LogP contribution in [0.15, 0.2) is 23.6 Å². The van der Waals surface area contributed by atoms with Crippen molar-refractivity contribution in [2.45, 2.75) is 25.6 Å². The molecule has 1 unspecified atom stereocenters. The molecule has 0 spiro atoms. The average Bonchev–Trinajstić information content (AvgIpc) is 2.69. The minimum absolute atomic E-state index is 0.262. The predicted molar refractivity (Wildman–Crippen MR) is 80.8 cm³/mol. The van der Waals surface area contributed by atoms with Gasteiger partial charge < -0.3 is 0 Å². The largest absolute Gasteiger partial charge is 0.147 e. The standard InChI is InChI=1S/C14H14BrClS/c1-8-4-5-17-14(8)13(15)11-6-10(3)12(16)7-9(11)2/h4-7,13H,1-3H3. The lowest BCUT2D eigenvalue weighted by atomic mass is 10.0. The van der Waals surface area contributed by atoms with Gasteiger partial charge in [0.05, 0.1) is 4.83 Å². The molecule has 2 rings (SSSR count). The summed E-state index contributed by atoms with van der Waals surface area (Å²) in [6, 6.07) is 6.38. The second-order valence-electron chi connectivity index (χ2n) is 4.29. The van der Waals surface area contributed by atoms with E-state index >= 15 is 0 Å². The first-order valence-electron chi connectivity index (χ1n) is 5.45. The summed E-state index contributed by atoms with van der Waals surface area (Å²) in [6.07, 6.45) is 0. The second kappa shape index (κ2) is 5.13. The highest BCUT2D eigenvalue weighted by molar-refractivity contribution is 9.09. The maximum Gasteiger partial charge on any atom is 0.0743 e. The van der Waals surface area contributed by atoms with E-state index in [9.17, 15) is 0 Å². The highest BCUT2D eigenvalue weighted by atomic mass is 79.9. The van der Waals surface area contributed by atoms with Crippen LogP contribution in [-0.4, -0.2) is 0 Å². The fourth-order valence-corrected chi connectivity index (χ4v) is 4.18. The molecule has 0 bridgehead atoms. The van der Waals surface area contributed by atoms with E-state index in [1.807, 2.05) is 13.0 Å². The number of aryl methyl sites for hydroxylation is 3. The molecule has 0 saturated heterocycles. The van der Waals surface area contributed by atoms with Crippen molar-refractivity contribution < 1.29 is 0 Å². The van der Waals surface area contributed by atoms with Crippen LogP contribution in [0.5, 0.6) is 0 Å². The number of thiophene rings is 1. The summed E-state index contributed by atoms with van der Waals surface area (Å²) in [5, 5.41) is 2.98. The Morgan fingerprint density at radius 2 is 1.82 bits per heavy atom. The van der Waals surface area contributed by atoms with Gasteiger partial charge in [0, 0.05) is 9.90 Å². The van der Waals surface area contributed by atoms with Gasteiger partial charge >= 0.3 is 0 Å². The molecule has 17 heavy (non-hydrogen) atoms. The maximum atomic E-state index is 6.13. The molecule has 0 aliphatic heterocycles. The molecule has 90 valence electrons. The number of benzene rings is 1. The van der Waals surface area contributed by atoms with E-state index in [-0.39, 0.29) is 4.83 Å². The number of hydrogen-bond acceptors (Lipinski definition) is 1. The van der Waals surface area contributed by atoms with Crippen LogP contribution < -0.4 is 0 Å². The molecule has 1 heterocycles. The lowest BCUT2D eigenvalue weighted by molar-refractivity contribution is 1.15. The van der Waals surface area contributed by atoms with Crippen LogP contribution >= 0.6 is 38.9 Å². The molecule has 0 N–H and O–H groups in total. The Balaban J connectivity index is 2.48. The van der Waals surface area contributed by atoms with E-state index in [2.05, 4.69) is 47.3 Å². The van der Waals surface area contributed by atoms with Crippen molar-refractivity contribution in [3.05, 3.63) is 55.7 Å². The number of hydrogen-bond donors (Lipinski definition) is 0. The average molecular weight is 330 g/mol. The molecule has 1 aromatic heterocycles. The Bertz CT molecular complexity index is 545. The molecule has 2 aromatic rings. The van der Waals surface area contributed by atoms with Gasteiger partial charge in [-0.25, -0.2) is 0 Å². The smallest absolute Gasteiger partial charge is 0.0743 e. The second-order valence-corrected chi connectivity index (χ2v) is 6.56. The van der Waals surface area contributed by atoms with E-state index in [1.54, 1.807) is 11.3 Å². The van der Waals surface area contributed by atoms with Crippen LogP contribution in [0.1, 0.15) is 32.0 Å². The molecular formula is C14H14BrClS. The highest BCUT2D eigenvalue weighted by Crippen LogP contribution is 2.38. The van der Waals surface area contributed by atoms with E-state index in [1.165, 1.54) is 21.6 Å². The predicted octanol–water partition coefficient (Wildman–Crippen LogP) is 5.81. The van der Waals surface area contributed by atoms with E-state index in [0.29, 0.717) is 0 Å². The molecule has 0 nitrogen and oxygen atoms in total. The summed E-state index contributed by atoms with van der Waals surface area (Å²) in [7, 11) is 0. The summed E-state index contributed by atoms with van der Waals surface area (Å²) >= 11 is 11.7. The first-order valence-corrected chi connectivity index (χ1v) is 7.62. The Kier molecular flexibility index (Phi) is 3.96. The number of alkyl halides is 1. The molecule has 0 radical (unpaired) electrons. The molecule has 1 aromatic carbocycles. The van der Waals surface area contributed by atoms with E-state index in [4.69, 9.17) is 11.6 Å². The normalized spacial score (nSPS) is 12.8. The topological polar surface area (TPSA) is 0 Å². The van der Waals surface area contributed by atoms with Crippen molar-refractivity contribution in [2.75, 3.05) is 0 Å². The van der Waals surface area contributed by atoms with E-state index < -0.39 is 0 Å². The van der Waals surface area contributed by atoms with Gasteiger partial charge in [-0.3, -0.25) is 0 Å². The summed E-state index contributed by atoms with van der Waals surface area (Å²) < 4.78 is 0. The van der Waals surface area contributed by atoms with Crippen LogP contribution in [0.3, 0.4) is 0 Å². The third-order valence-corrected chi connectivity index (χ3v) is 5.70. The third-order valence-electron chi connectivity index (χ3n) is 2.95. The lowest BCUT2D eigenvalue weighted by Gasteiger charge is -2.14. The van der Waals surface area contributed by atoms with Gasteiger partial charge in [0.15, 0.2) is 0 Å². The number of rotatable bonds is 2. The van der Waals surface area contributed by atoms with Crippen LogP contribution in [0.4, 0.5) is 0 Å². The Labute approximate surface area is 120 Å². The van der Waals surface area contributed by atoms with Crippen LogP contribution in [0, 0.1) is 20.8 Å². The van der Waals surface area contributed by atoms with Gasteiger partial charge in [-0.05, 0) is 60.5 Å². The Morgan fingerprint density at radius 1 is 1.12 bits per heavy atom. The van der Waals surface area contributed by atoms with Crippen LogP contribution in [0.2, 0.25) is 5.02 Å². The zero-order valence-electron chi connectivity index (χ0n) is 10.1. The van der Waals surface area contributed by atoms with Crippen molar-refractivity contribution in [1.29, 1.82) is 0 Å². The van der Waals surface area contributed by atoms with Crippen molar-refractivity contribution >= 4 is 38.9 Å². The molecule has 1 atom stereocenters. The summed E-state index contributed by atoms with van der Waals surface area (Å²) in [6.45, 7) is 6.31. The van der Waals surface area contributed by atoms with Gasteiger partial charge in [-0.15, -0.1) is 11.3 Å². The lowest BCUT2D eigenvalue weighted by Crippen LogP contribution is -1.96. The van der Waals surface area contributed by atoms with Crippen molar-refractivity contribution in [3.63, 3.8) is 0 Å². The summed E-state index contributed by atoms with van der Waals surface area (Å²) in [5.74, 6) is 0. The first-order chi connectivity index (χ1) is 8.00. The van der Waals surface area contributed by atoms with Gasteiger partial charge in [-0.1, -0.05) is 33.6 Å². The third kappa shape index (κ3) is 2.59. The molecule has 3 heteroatoms. The summed E-state index contributed by atoms with van der Waals surface area (Å²) in [4.78, 5) is 1.63. The fraction of sp³-hybridized carbons (Fsp3) is 0.286. The zero-order valence-corrected chi connectivity index (χ0v) is 13.2. The first kappa shape index (κ1) is 13.1. The highest BCUT2D eigenvalue weighted by Gasteiger charge is 2.17. The molecule has 0 aliphatic carbocycles. The molecule has 0 aliphatic rings. The minimum Gasteiger partial charge on any atom is -0.147 e. The fourth-order valence-electron chi connectivity index (χ4n) is 1.86. The van der Waals surface area contributed by atoms with Crippen LogP contribution in [0.25, 0.3) is 0 Å². The molecule has 0 saturated carbocycles. The van der Waals surface area contributed by atoms with Crippen molar-refractivity contribution in [1.82, 2.24) is 0 Å². The molecule has 0 fully saturated rings. The minimum atomic E-state index is 0.262. The van der Waals surface area contributed by atoms with Crippen molar-refractivity contribution in [3.8, 4) is 0 Å². The zero-order chi connectivity index (χ0) is 12.6. The molecule has 0 amide bonds. The maximum absolute atomic E-state index is 6.13. The SMILES string of the molecule is Cc1cc(C(Br)c2sccc2C)c(C)cc1Cl. The summed E-state index contributed by atoms with van der Waals surface area (Å²) in [5.41, 5.74) is 5.00.